The van der Waals surface area contributed by atoms with Crippen LogP contribution in [0.1, 0.15) is 0 Å². The third-order valence-corrected chi connectivity index (χ3v) is 3.27. The third kappa shape index (κ3) is 2.39. The van der Waals surface area contributed by atoms with E-state index in [9.17, 15) is 14.4 Å². The molecule has 2 saturated heterocycles. The highest BCUT2D eigenvalue weighted by atomic mass is 16.6. The van der Waals surface area contributed by atoms with Crippen molar-refractivity contribution in [2.75, 3.05) is 13.2 Å². The first-order chi connectivity index (χ1) is 9.61. The van der Waals surface area contributed by atoms with Gasteiger partial charge in [-0.25, -0.2) is 28.1 Å². The molecule has 3 heterocycles. The van der Waals surface area contributed by atoms with E-state index >= 15 is 0 Å². The van der Waals surface area contributed by atoms with Crippen LogP contribution in [0.3, 0.4) is 0 Å². The molecule has 2 aliphatic heterocycles. The van der Waals surface area contributed by atoms with Crippen LogP contribution in [-0.4, -0.2) is 39.1 Å². The molecular weight excluding hydrogens is 266 g/mol. The molecular formula is C12H15N3O5. The lowest BCUT2D eigenvalue weighted by molar-refractivity contribution is 0.343. The Morgan fingerprint density at radius 2 is 1.35 bits per heavy atom. The Balaban J connectivity index is 2.13. The number of allylic oxidation sites excluding steroid dienone is 1. The summed E-state index contributed by atoms with van der Waals surface area (Å²) in [5, 5.41) is 0. The third-order valence-electron chi connectivity index (χ3n) is 3.27. The van der Waals surface area contributed by atoms with E-state index in [0.29, 0.717) is 13.2 Å². The molecule has 1 aromatic heterocycles. The summed E-state index contributed by atoms with van der Waals surface area (Å²) in [6, 6.07) is 0. The van der Waals surface area contributed by atoms with Crippen molar-refractivity contribution in [3.05, 3.63) is 44.1 Å². The van der Waals surface area contributed by atoms with Gasteiger partial charge in [-0.15, -0.1) is 6.58 Å². The van der Waals surface area contributed by atoms with E-state index in [-0.39, 0.29) is 31.8 Å². The zero-order chi connectivity index (χ0) is 14.3. The van der Waals surface area contributed by atoms with Crippen LogP contribution in [0.25, 0.3) is 0 Å². The number of rotatable bonds is 6. The van der Waals surface area contributed by atoms with Crippen molar-refractivity contribution >= 4 is 0 Å². The van der Waals surface area contributed by atoms with Gasteiger partial charge in [0.15, 0.2) is 0 Å². The molecule has 8 heteroatoms. The van der Waals surface area contributed by atoms with Gasteiger partial charge < -0.3 is 9.47 Å². The van der Waals surface area contributed by atoms with E-state index in [0.717, 1.165) is 13.7 Å². The van der Waals surface area contributed by atoms with Crippen LogP contribution in [0.5, 0.6) is 0 Å². The minimum Gasteiger partial charge on any atom is -0.371 e. The van der Waals surface area contributed by atoms with Gasteiger partial charge in [0, 0.05) is 0 Å². The molecule has 0 spiro atoms. The van der Waals surface area contributed by atoms with Crippen LogP contribution in [0.15, 0.2) is 27.0 Å². The average molecular weight is 281 g/mol. The predicted molar refractivity (Wildman–Crippen MR) is 68.9 cm³/mol. The van der Waals surface area contributed by atoms with Gasteiger partial charge in [0.05, 0.1) is 45.1 Å². The topological polar surface area (TPSA) is 91.1 Å². The fraction of sp³-hybridized carbons (Fsp3) is 0.583. The number of hydrogen-bond donors (Lipinski definition) is 0. The summed E-state index contributed by atoms with van der Waals surface area (Å²) >= 11 is 0. The normalized spacial score (nSPS) is 23.6. The standard InChI is InChI=1S/C12H15N3O5/c1-2-3-13-10(16)14(4-8-6-19-8)12(18)15(11(13)17)5-9-7-20-9/h2,8-9H,1,3-7H2/t8-,9+. The zero-order valence-corrected chi connectivity index (χ0v) is 10.9. The summed E-state index contributed by atoms with van der Waals surface area (Å²) in [4.78, 5) is 36.7. The van der Waals surface area contributed by atoms with Gasteiger partial charge in [-0.2, -0.15) is 0 Å². The monoisotopic (exact) mass is 281 g/mol. The summed E-state index contributed by atoms with van der Waals surface area (Å²) < 4.78 is 13.2. The molecule has 0 unspecified atom stereocenters. The second-order valence-corrected chi connectivity index (χ2v) is 4.88. The molecule has 0 aromatic carbocycles. The first kappa shape index (κ1) is 13.1. The number of hydrogen-bond acceptors (Lipinski definition) is 5. The second kappa shape index (κ2) is 4.88. The molecule has 0 radical (unpaired) electrons. The SMILES string of the molecule is C=CCn1c(=O)n(C[C@H]2CO2)c(=O)n(C[C@@H]2CO2)c1=O. The van der Waals surface area contributed by atoms with Crippen molar-refractivity contribution in [3.63, 3.8) is 0 Å². The van der Waals surface area contributed by atoms with Gasteiger partial charge >= 0.3 is 17.1 Å². The Morgan fingerprint density at radius 1 is 0.950 bits per heavy atom. The maximum absolute atomic E-state index is 12.3. The molecule has 2 fully saturated rings. The van der Waals surface area contributed by atoms with Crippen molar-refractivity contribution in [2.45, 2.75) is 31.8 Å². The lowest BCUT2D eigenvalue weighted by Gasteiger charge is -2.11. The van der Waals surface area contributed by atoms with E-state index in [4.69, 9.17) is 9.47 Å². The Labute approximate surface area is 113 Å². The molecule has 0 bridgehead atoms. The molecule has 0 N–H and O–H groups in total. The van der Waals surface area contributed by atoms with Crippen LogP contribution < -0.4 is 17.1 Å². The van der Waals surface area contributed by atoms with E-state index < -0.39 is 17.1 Å². The first-order valence-electron chi connectivity index (χ1n) is 6.40. The Kier molecular flexibility index (Phi) is 3.19. The lowest BCUT2D eigenvalue weighted by atomic mass is 10.4. The van der Waals surface area contributed by atoms with Gasteiger partial charge in [0.2, 0.25) is 0 Å². The minimum atomic E-state index is -0.622. The highest BCUT2D eigenvalue weighted by molar-refractivity contribution is 4.86. The van der Waals surface area contributed by atoms with Crippen molar-refractivity contribution in [3.8, 4) is 0 Å². The van der Waals surface area contributed by atoms with Crippen molar-refractivity contribution in [1.29, 1.82) is 0 Å². The van der Waals surface area contributed by atoms with E-state index in [1.165, 1.54) is 6.08 Å². The summed E-state index contributed by atoms with van der Waals surface area (Å²) in [5.41, 5.74) is -1.85. The van der Waals surface area contributed by atoms with E-state index in [1.807, 2.05) is 0 Å². The second-order valence-electron chi connectivity index (χ2n) is 4.88. The number of epoxide rings is 2. The molecule has 0 aliphatic carbocycles. The fourth-order valence-corrected chi connectivity index (χ4v) is 2.03. The molecule has 2 aliphatic rings. The van der Waals surface area contributed by atoms with Crippen molar-refractivity contribution < 1.29 is 9.47 Å². The van der Waals surface area contributed by atoms with E-state index in [2.05, 4.69) is 6.58 Å². The van der Waals surface area contributed by atoms with Gasteiger partial charge in [0.1, 0.15) is 0 Å². The highest BCUT2D eigenvalue weighted by Crippen LogP contribution is 2.10. The molecule has 0 amide bonds. The summed E-state index contributed by atoms with van der Waals surface area (Å²) in [5.74, 6) is 0. The summed E-state index contributed by atoms with van der Waals surface area (Å²) in [6.07, 6.45) is 1.20. The number of nitrogens with zero attached hydrogens (tertiary/aromatic N) is 3. The van der Waals surface area contributed by atoms with Crippen LogP contribution in [0.4, 0.5) is 0 Å². The number of aromatic nitrogens is 3. The molecule has 1 aromatic rings. The Bertz CT molecular complexity index is 653. The van der Waals surface area contributed by atoms with Gasteiger partial charge in [-0.1, -0.05) is 6.08 Å². The average Bonchev–Trinajstić information content (AvgIpc) is 3.30. The maximum Gasteiger partial charge on any atom is 0.336 e. The molecule has 20 heavy (non-hydrogen) atoms. The summed E-state index contributed by atoms with van der Waals surface area (Å²) in [6.45, 7) is 4.97. The van der Waals surface area contributed by atoms with Crippen molar-refractivity contribution in [2.24, 2.45) is 0 Å². The van der Waals surface area contributed by atoms with Gasteiger partial charge in [-0.3, -0.25) is 0 Å². The van der Waals surface area contributed by atoms with Crippen LogP contribution in [-0.2, 0) is 29.1 Å². The van der Waals surface area contributed by atoms with Crippen LogP contribution in [0.2, 0.25) is 0 Å². The zero-order valence-electron chi connectivity index (χ0n) is 10.9. The molecule has 2 atom stereocenters. The Hall–Kier alpha value is -1.93. The smallest absolute Gasteiger partial charge is 0.336 e. The van der Waals surface area contributed by atoms with Crippen molar-refractivity contribution in [1.82, 2.24) is 13.7 Å². The van der Waals surface area contributed by atoms with E-state index in [1.54, 1.807) is 0 Å². The van der Waals surface area contributed by atoms with Gasteiger partial charge in [-0.05, 0) is 0 Å². The van der Waals surface area contributed by atoms with Crippen LogP contribution in [0, 0.1) is 0 Å². The summed E-state index contributed by atoms with van der Waals surface area (Å²) in [7, 11) is 0. The largest absolute Gasteiger partial charge is 0.371 e. The van der Waals surface area contributed by atoms with Gasteiger partial charge in [0.25, 0.3) is 0 Å². The predicted octanol–water partition coefficient (Wildman–Crippen LogP) is -1.84. The minimum absolute atomic E-state index is 0.0645. The Morgan fingerprint density at radius 3 is 1.70 bits per heavy atom. The molecule has 108 valence electrons. The first-order valence-corrected chi connectivity index (χ1v) is 6.40. The lowest BCUT2D eigenvalue weighted by Crippen LogP contribution is -2.55. The number of ether oxygens (including phenoxy) is 2. The maximum atomic E-state index is 12.3. The highest BCUT2D eigenvalue weighted by Gasteiger charge is 2.29. The van der Waals surface area contributed by atoms with Crippen LogP contribution >= 0.6 is 0 Å². The molecule has 3 rings (SSSR count). The molecule has 0 saturated carbocycles. The fourth-order valence-electron chi connectivity index (χ4n) is 2.03. The quantitative estimate of drug-likeness (QED) is 0.451. The molecule has 8 nitrogen and oxygen atoms in total.